The zero-order valence-electron chi connectivity index (χ0n) is 13.4. The highest BCUT2D eigenvalue weighted by Gasteiger charge is 2.16. The van der Waals surface area contributed by atoms with Gasteiger partial charge in [-0.2, -0.15) is 0 Å². The molecule has 0 aliphatic heterocycles. The number of aromatic nitrogens is 1. The molecule has 0 unspecified atom stereocenters. The second kappa shape index (κ2) is 6.97. The first-order chi connectivity index (χ1) is 10.8. The number of carbonyl (C=O) groups excluding carboxylic acids is 1. The highest BCUT2D eigenvalue weighted by molar-refractivity contribution is 7.89. The van der Waals surface area contributed by atoms with E-state index in [-0.39, 0.29) is 18.0 Å². The van der Waals surface area contributed by atoms with Crippen molar-refractivity contribution in [3.63, 3.8) is 0 Å². The highest BCUT2D eigenvalue weighted by atomic mass is 32.2. The van der Waals surface area contributed by atoms with E-state index in [9.17, 15) is 13.2 Å². The molecule has 124 valence electrons. The Balaban J connectivity index is 2.10. The van der Waals surface area contributed by atoms with Gasteiger partial charge in [0.05, 0.1) is 23.6 Å². The van der Waals surface area contributed by atoms with Crippen LogP contribution >= 0.6 is 0 Å². The van der Waals surface area contributed by atoms with Crippen LogP contribution < -0.4 is 4.72 Å². The van der Waals surface area contributed by atoms with E-state index in [4.69, 9.17) is 4.74 Å². The predicted molar refractivity (Wildman–Crippen MR) is 86.6 cm³/mol. The third-order valence-corrected chi connectivity index (χ3v) is 5.01. The first-order valence-corrected chi connectivity index (χ1v) is 8.71. The molecule has 6 nitrogen and oxygen atoms in total. The van der Waals surface area contributed by atoms with Crippen molar-refractivity contribution in [1.29, 1.82) is 0 Å². The van der Waals surface area contributed by atoms with E-state index >= 15 is 0 Å². The topological polar surface area (TPSA) is 77.4 Å². The van der Waals surface area contributed by atoms with Gasteiger partial charge in [-0.25, -0.2) is 17.9 Å². The summed E-state index contributed by atoms with van der Waals surface area (Å²) in [5.74, 6) is -0.469. The van der Waals surface area contributed by atoms with Crippen LogP contribution in [-0.4, -0.2) is 25.6 Å². The fraction of sp³-hybridized carbons (Fsp3) is 0.312. The molecule has 0 spiro atoms. The molecule has 0 fully saturated rings. The Morgan fingerprint density at radius 1 is 1.17 bits per heavy atom. The SMILES string of the molecule is CCOC(=O)c1ccc(S(=O)(=O)NCc2ccc(C)n2C)cc1. The Morgan fingerprint density at radius 2 is 1.83 bits per heavy atom. The Hall–Kier alpha value is -2.12. The molecular weight excluding hydrogens is 316 g/mol. The first-order valence-electron chi connectivity index (χ1n) is 7.23. The minimum Gasteiger partial charge on any atom is -0.462 e. The molecule has 0 saturated carbocycles. The van der Waals surface area contributed by atoms with Crippen LogP contribution in [0.1, 0.15) is 28.7 Å². The second-order valence-corrected chi connectivity index (χ2v) is 6.86. The first kappa shape index (κ1) is 17.2. The molecular formula is C16H20N2O4S. The summed E-state index contributed by atoms with van der Waals surface area (Å²) < 4.78 is 33.9. The van der Waals surface area contributed by atoms with Gasteiger partial charge in [0, 0.05) is 18.4 Å². The van der Waals surface area contributed by atoms with Gasteiger partial charge in [0.15, 0.2) is 0 Å². The summed E-state index contributed by atoms with van der Waals surface area (Å²) >= 11 is 0. The van der Waals surface area contributed by atoms with Gasteiger partial charge in [-0.1, -0.05) is 0 Å². The molecule has 1 heterocycles. The summed E-state index contributed by atoms with van der Waals surface area (Å²) in [6.45, 7) is 4.14. The minimum atomic E-state index is -3.64. The number of carbonyl (C=O) groups is 1. The second-order valence-electron chi connectivity index (χ2n) is 5.09. The number of rotatable bonds is 6. The number of esters is 1. The van der Waals surface area contributed by atoms with E-state index < -0.39 is 16.0 Å². The summed E-state index contributed by atoms with van der Waals surface area (Å²) in [5.41, 5.74) is 2.25. The van der Waals surface area contributed by atoms with E-state index in [0.29, 0.717) is 5.56 Å². The molecule has 0 aliphatic rings. The van der Waals surface area contributed by atoms with Crippen molar-refractivity contribution in [3.8, 4) is 0 Å². The van der Waals surface area contributed by atoms with Crippen LogP contribution in [-0.2, 0) is 28.4 Å². The average Bonchev–Trinajstić information content (AvgIpc) is 2.85. The van der Waals surface area contributed by atoms with Crippen LogP contribution in [0, 0.1) is 6.92 Å². The van der Waals surface area contributed by atoms with E-state index in [1.807, 2.05) is 30.7 Å². The van der Waals surface area contributed by atoms with Crippen LogP contribution in [0.15, 0.2) is 41.3 Å². The van der Waals surface area contributed by atoms with Crippen molar-refractivity contribution in [2.24, 2.45) is 7.05 Å². The smallest absolute Gasteiger partial charge is 0.338 e. The molecule has 0 saturated heterocycles. The highest BCUT2D eigenvalue weighted by Crippen LogP contribution is 2.13. The molecule has 0 radical (unpaired) electrons. The lowest BCUT2D eigenvalue weighted by Gasteiger charge is -2.09. The molecule has 2 rings (SSSR count). The molecule has 7 heteroatoms. The molecule has 0 aliphatic carbocycles. The summed E-state index contributed by atoms with van der Waals surface area (Å²) in [6, 6.07) is 9.48. The van der Waals surface area contributed by atoms with E-state index in [1.54, 1.807) is 6.92 Å². The maximum atomic E-state index is 12.3. The van der Waals surface area contributed by atoms with Gasteiger partial charge in [0.25, 0.3) is 0 Å². The molecule has 0 atom stereocenters. The maximum absolute atomic E-state index is 12.3. The van der Waals surface area contributed by atoms with Crippen molar-refractivity contribution in [2.45, 2.75) is 25.3 Å². The molecule has 0 bridgehead atoms. The average molecular weight is 336 g/mol. The van der Waals surface area contributed by atoms with Crippen LogP contribution in [0.5, 0.6) is 0 Å². The monoisotopic (exact) mass is 336 g/mol. The van der Waals surface area contributed by atoms with Gasteiger partial charge in [0.2, 0.25) is 10.0 Å². The molecule has 1 aromatic heterocycles. The van der Waals surface area contributed by atoms with Gasteiger partial charge < -0.3 is 9.30 Å². The molecule has 23 heavy (non-hydrogen) atoms. The number of aryl methyl sites for hydroxylation is 1. The Morgan fingerprint density at radius 3 is 2.35 bits per heavy atom. The lowest BCUT2D eigenvalue weighted by molar-refractivity contribution is 0.0526. The summed E-state index contributed by atoms with van der Waals surface area (Å²) in [4.78, 5) is 11.7. The van der Waals surface area contributed by atoms with Crippen molar-refractivity contribution in [2.75, 3.05) is 6.61 Å². The number of sulfonamides is 1. The zero-order valence-corrected chi connectivity index (χ0v) is 14.2. The summed E-state index contributed by atoms with van der Waals surface area (Å²) in [7, 11) is -1.75. The third kappa shape index (κ3) is 4.00. The van der Waals surface area contributed by atoms with Gasteiger partial charge in [-0.05, 0) is 50.2 Å². The number of benzene rings is 1. The van der Waals surface area contributed by atoms with Crippen molar-refractivity contribution in [1.82, 2.24) is 9.29 Å². The number of nitrogens with one attached hydrogen (secondary N) is 1. The van der Waals surface area contributed by atoms with Crippen LogP contribution in [0.2, 0.25) is 0 Å². The lowest BCUT2D eigenvalue weighted by Crippen LogP contribution is -2.24. The number of ether oxygens (including phenoxy) is 1. The van der Waals surface area contributed by atoms with Crippen LogP contribution in [0.3, 0.4) is 0 Å². The number of hydrogen-bond donors (Lipinski definition) is 1. The maximum Gasteiger partial charge on any atom is 0.338 e. The van der Waals surface area contributed by atoms with Gasteiger partial charge in [-0.3, -0.25) is 0 Å². The largest absolute Gasteiger partial charge is 0.462 e. The summed E-state index contributed by atoms with van der Waals surface area (Å²) in [6.07, 6.45) is 0. The molecule has 1 aromatic carbocycles. The normalized spacial score (nSPS) is 11.4. The predicted octanol–water partition coefficient (Wildman–Crippen LogP) is 1.99. The van der Waals surface area contributed by atoms with Crippen molar-refractivity contribution >= 4 is 16.0 Å². The Labute approximate surface area is 136 Å². The summed E-state index contributed by atoms with van der Waals surface area (Å²) in [5, 5.41) is 0. The standard InChI is InChI=1S/C16H20N2O4S/c1-4-22-16(19)13-6-9-15(10-7-13)23(20,21)17-11-14-8-5-12(2)18(14)3/h5-10,17H,4,11H2,1-3H3. The number of hydrogen-bond acceptors (Lipinski definition) is 4. The van der Waals surface area contributed by atoms with E-state index in [2.05, 4.69) is 4.72 Å². The Kier molecular flexibility index (Phi) is 5.23. The fourth-order valence-electron chi connectivity index (χ4n) is 2.08. The van der Waals surface area contributed by atoms with E-state index in [0.717, 1.165) is 11.4 Å². The fourth-order valence-corrected chi connectivity index (χ4v) is 3.08. The minimum absolute atomic E-state index is 0.108. The van der Waals surface area contributed by atoms with Crippen LogP contribution in [0.4, 0.5) is 0 Å². The van der Waals surface area contributed by atoms with Gasteiger partial charge in [0.1, 0.15) is 0 Å². The van der Waals surface area contributed by atoms with Crippen LogP contribution in [0.25, 0.3) is 0 Å². The van der Waals surface area contributed by atoms with Crippen molar-refractivity contribution < 1.29 is 17.9 Å². The lowest BCUT2D eigenvalue weighted by atomic mass is 10.2. The van der Waals surface area contributed by atoms with Crippen molar-refractivity contribution in [3.05, 3.63) is 53.3 Å². The van der Waals surface area contributed by atoms with E-state index in [1.165, 1.54) is 24.3 Å². The molecule has 0 amide bonds. The quantitative estimate of drug-likeness (QED) is 0.819. The number of nitrogens with zero attached hydrogens (tertiary/aromatic N) is 1. The van der Waals surface area contributed by atoms with Gasteiger partial charge in [-0.15, -0.1) is 0 Å². The molecule has 2 aromatic rings. The zero-order chi connectivity index (χ0) is 17.0. The third-order valence-electron chi connectivity index (χ3n) is 3.60. The van der Waals surface area contributed by atoms with Gasteiger partial charge >= 0.3 is 5.97 Å². The Bertz CT molecular complexity index is 792. The molecule has 1 N–H and O–H groups in total.